The van der Waals surface area contributed by atoms with Crippen molar-refractivity contribution in [2.75, 3.05) is 19.8 Å². The highest BCUT2D eigenvalue weighted by atomic mass is 32.1. The number of thiazole rings is 1. The van der Waals surface area contributed by atoms with Crippen LogP contribution in [0.1, 0.15) is 51.8 Å². The third-order valence-electron chi connectivity index (χ3n) is 5.91. The molecule has 0 bridgehead atoms. The lowest BCUT2D eigenvalue weighted by atomic mass is 9.95. The number of rotatable bonds is 10. The quantitative estimate of drug-likeness (QED) is 0.347. The van der Waals surface area contributed by atoms with E-state index in [1.165, 1.54) is 15.9 Å². The molecule has 2 heterocycles. The Morgan fingerprint density at radius 3 is 2.55 bits per heavy atom. The first-order valence-electron chi connectivity index (χ1n) is 13.1. The average Bonchev–Trinajstić information content (AvgIpc) is 3.21. The molecule has 1 aliphatic heterocycles. The zero-order chi connectivity index (χ0) is 28.8. The van der Waals surface area contributed by atoms with E-state index in [2.05, 4.69) is 4.99 Å². The number of hydrogen-bond donors (Lipinski definition) is 0. The van der Waals surface area contributed by atoms with E-state index in [4.69, 9.17) is 18.9 Å². The second-order valence-electron chi connectivity index (χ2n) is 9.17. The maximum atomic E-state index is 13.9. The monoisotopic (exact) mass is 564 g/mol. The molecule has 1 aromatic heterocycles. The Morgan fingerprint density at radius 2 is 1.82 bits per heavy atom. The second kappa shape index (κ2) is 12.8. The van der Waals surface area contributed by atoms with Gasteiger partial charge in [0.15, 0.2) is 11.4 Å². The molecule has 3 aromatic rings. The van der Waals surface area contributed by atoms with Crippen molar-refractivity contribution in [1.29, 1.82) is 0 Å². The van der Waals surface area contributed by atoms with Crippen molar-refractivity contribution in [2.24, 2.45) is 4.99 Å². The Kier molecular flexibility index (Phi) is 9.21. The predicted octanol–water partition coefficient (Wildman–Crippen LogP) is 3.53. The predicted molar refractivity (Wildman–Crippen MR) is 151 cm³/mol. The molecule has 0 saturated heterocycles. The largest absolute Gasteiger partial charge is 0.491 e. The molecule has 0 N–H and O–H groups in total. The van der Waals surface area contributed by atoms with Crippen molar-refractivity contribution in [3.05, 3.63) is 90.6 Å². The molecule has 0 amide bonds. The van der Waals surface area contributed by atoms with Gasteiger partial charge in [-0.3, -0.25) is 9.36 Å². The molecular formula is C30H32N2O7S. The molecule has 9 nitrogen and oxygen atoms in total. The first kappa shape index (κ1) is 28.8. The minimum atomic E-state index is -0.786. The molecule has 10 heteroatoms. The minimum absolute atomic E-state index is 0.119. The molecule has 1 aliphatic rings. The Balaban J connectivity index is 1.83. The number of esters is 2. The molecule has 0 spiro atoms. The van der Waals surface area contributed by atoms with E-state index in [0.29, 0.717) is 37.7 Å². The maximum Gasteiger partial charge on any atom is 0.344 e. The molecule has 0 saturated carbocycles. The number of benzene rings is 2. The van der Waals surface area contributed by atoms with E-state index >= 15 is 0 Å². The van der Waals surface area contributed by atoms with Gasteiger partial charge in [0.25, 0.3) is 5.56 Å². The van der Waals surface area contributed by atoms with Crippen LogP contribution in [0.3, 0.4) is 0 Å². The van der Waals surface area contributed by atoms with Crippen molar-refractivity contribution in [3.63, 3.8) is 0 Å². The summed E-state index contributed by atoms with van der Waals surface area (Å²) in [6, 6.07) is 13.6. The van der Waals surface area contributed by atoms with Gasteiger partial charge in [-0.05, 0) is 64.5 Å². The van der Waals surface area contributed by atoms with Gasteiger partial charge in [0.05, 0.1) is 35.1 Å². The van der Waals surface area contributed by atoms with Crippen LogP contribution in [0.15, 0.2) is 69.6 Å². The fourth-order valence-electron chi connectivity index (χ4n) is 4.34. The molecule has 0 unspecified atom stereocenters. The van der Waals surface area contributed by atoms with Gasteiger partial charge in [-0.25, -0.2) is 14.6 Å². The van der Waals surface area contributed by atoms with Crippen LogP contribution in [-0.4, -0.2) is 42.4 Å². The molecular weight excluding hydrogens is 532 g/mol. The van der Waals surface area contributed by atoms with Gasteiger partial charge in [0.2, 0.25) is 0 Å². The summed E-state index contributed by atoms with van der Waals surface area (Å²) in [7, 11) is 0. The van der Waals surface area contributed by atoms with Crippen molar-refractivity contribution in [2.45, 2.75) is 46.8 Å². The van der Waals surface area contributed by atoms with E-state index in [9.17, 15) is 14.4 Å². The fourth-order valence-corrected chi connectivity index (χ4v) is 5.39. The standard InChI is InChI=1S/C30H32N2O7S/c1-6-36-25(33)17-38-21-12-10-11-20(15-21)16-24-28(34)32-27(22-13-8-9-14-23(22)39-18(3)4)26(29(35)37-7-2)19(5)31-30(32)40-24/h8-16,18,27H,6-7,17H2,1-5H3/b24-16-/t27-/m0/s1. The lowest BCUT2D eigenvalue weighted by molar-refractivity contribution is -0.145. The zero-order valence-corrected chi connectivity index (χ0v) is 23.9. The molecule has 1 atom stereocenters. The molecule has 0 fully saturated rings. The van der Waals surface area contributed by atoms with Gasteiger partial charge >= 0.3 is 11.9 Å². The van der Waals surface area contributed by atoms with Crippen molar-refractivity contribution in [1.82, 2.24) is 4.57 Å². The van der Waals surface area contributed by atoms with E-state index in [-0.39, 0.29) is 37.1 Å². The van der Waals surface area contributed by atoms with Crippen LogP contribution in [-0.2, 0) is 19.1 Å². The summed E-state index contributed by atoms with van der Waals surface area (Å²) in [6.07, 6.45) is 1.62. The van der Waals surface area contributed by atoms with Gasteiger partial charge in [0.1, 0.15) is 17.5 Å². The first-order valence-corrected chi connectivity index (χ1v) is 13.9. The van der Waals surface area contributed by atoms with Gasteiger partial charge in [-0.2, -0.15) is 0 Å². The highest BCUT2D eigenvalue weighted by Gasteiger charge is 2.35. The van der Waals surface area contributed by atoms with Crippen LogP contribution in [0, 0.1) is 0 Å². The van der Waals surface area contributed by atoms with Crippen molar-refractivity contribution < 1.29 is 28.5 Å². The molecule has 4 rings (SSSR count). The summed E-state index contributed by atoms with van der Waals surface area (Å²) in [6.45, 7) is 9.28. The number of carbonyl (C=O) groups excluding carboxylic acids is 2. The van der Waals surface area contributed by atoms with Crippen molar-refractivity contribution >= 4 is 29.4 Å². The topological polar surface area (TPSA) is 105 Å². The lowest BCUT2D eigenvalue weighted by Crippen LogP contribution is -2.40. The smallest absolute Gasteiger partial charge is 0.344 e. The third kappa shape index (κ3) is 6.34. The Morgan fingerprint density at radius 1 is 1.07 bits per heavy atom. The number of para-hydroxylation sites is 1. The van der Waals surface area contributed by atoms with Crippen molar-refractivity contribution in [3.8, 4) is 11.5 Å². The normalized spacial score (nSPS) is 14.9. The summed E-state index contributed by atoms with van der Waals surface area (Å²) in [4.78, 5) is 43.9. The van der Waals surface area contributed by atoms with Crippen LogP contribution in [0.4, 0.5) is 0 Å². The van der Waals surface area contributed by atoms with E-state index in [0.717, 1.165) is 0 Å². The molecule has 40 heavy (non-hydrogen) atoms. The van der Waals surface area contributed by atoms with Crippen LogP contribution < -0.4 is 24.4 Å². The summed E-state index contributed by atoms with van der Waals surface area (Å²) in [5.74, 6) is 0.0391. The summed E-state index contributed by atoms with van der Waals surface area (Å²) < 4.78 is 23.9. The zero-order valence-electron chi connectivity index (χ0n) is 23.1. The minimum Gasteiger partial charge on any atom is -0.491 e. The second-order valence-corrected chi connectivity index (χ2v) is 10.2. The highest BCUT2D eigenvalue weighted by molar-refractivity contribution is 7.07. The van der Waals surface area contributed by atoms with Gasteiger partial charge in [-0.1, -0.05) is 41.7 Å². The molecule has 0 radical (unpaired) electrons. The molecule has 0 aliphatic carbocycles. The number of hydrogen-bond acceptors (Lipinski definition) is 9. The number of ether oxygens (including phenoxy) is 4. The number of nitrogens with zero attached hydrogens (tertiary/aromatic N) is 2. The number of carbonyl (C=O) groups is 2. The number of allylic oxidation sites excluding steroid dienone is 1. The fraction of sp³-hybridized carbons (Fsp3) is 0.333. The van der Waals surface area contributed by atoms with Crippen LogP contribution in [0.25, 0.3) is 6.08 Å². The third-order valence-corrected chi connectivity index (χ3v) is 6.89. The van der Waals surface area contributed by atoms with Crippen LogP contribution >= 0.6 is 11.3 Å². The van der Waals surface area contributed by atoms with Crippen LogP contribution in [0.2, 0.25) is 0 Å². The average molecular weight is 565 g/mol. The number of aromatic nitrogens is 1. The van der Waals surface area contributed by atoms with E-state index in [1.54, 1.807) is 45.0 Å². The highest BCUT2D eigenvalue weighted by Crippen LogP contribution is 2.36. The lowest BCUT2D eigenvalue weighted by Gasteiger charge is -2.26. The van der Waals surface area contributed by atoms with Gasteiger partial charge < -0.3 is 18.9 Å². The maximum absolute atomic E-state index is 13.9. The van der Waals surface area contributed by atoms with Crippen LogP contribution in [0.5, 0.6) is 11.5 Å². The Bertz CT molecular complexity index is 1620. The Hall–Kier alpha value is -4.18. The van der Waals surface area contributed by atoms with E-state index < -0.39 is 18.0 Å². The summed E-state index contributed by atoms with van der Waals surface area (Å²) in [5.41, 5.74) is 1.82. The summed E-state index contributed by atoms with van der Waals surface area (Å²) in [5, 5.41) is 0. The summed E-state index contributed by atoms with van der Waals surface area (Å²) >= 11 is 1.22. The van der Waals surface area contributed by atoms with Gasteiger partial charge in [0, 0.05) is 5.56 Å². The Labute approximate surface area is 236 Å². The first-order chi connectivity index (χ1) is 19.2. The van der Waals surface area contributed by atoms with Gasteiger partial charge in [-0.15, -0.1) is 0 Å². The number of fused-ring (bicyclic) bond motifs is 1. The SMILES string of the molecule is CCOC(=O)COc1cccc(/C=c2\sc3n(c2=O)[C@@H](c2ccccc2OC(C)C)C(C(=O)OCC)=C(C)N=3)c1. The molecule has 2 aromatic carbocycles. The molecule has 210 valence electrons. The van der Waals surface area contributed by atoms with E-state index in [1.807, 2.05) is 44.2 Å².